The Hall–Kier alpha value is -1.43. The number of esters is 1. The molecule has 0 bridgehead atoms. The molecule has 1 unspecified atom stereocenters. The summed E-state index contributed by atoms with van der Waals surface area (Å²) in [6.45, 7) is 16.4. The fourth-order valence-electron chi connectivity index (χ4n) is 8.75. The lowest BCUT2D eigenvalue weighted by Gasteiger charge is -2.44. The van der Waals surface area contributed by atoms with Crippen molar-refractivity contribution in [2.75, 3.05) is 13.2 Å². The lowest BCUT2D eigenvalue weighted by atomic mass is 9.60. The Labute approximate surface area is 256 Å². The summed E-state index contributed by atoms with van der Waals surface area (Å²) in [5.74, 6) is 1.87. The van der Waals surface area contributed by atoms with Crippen molar-refractivity contribution in [2.45, 2.75) is 155 Å². The fourth-order valence-corrected chi connectivity index (χ4v) is 8.75. The first kappa shape index (κ1) is 33.5. The van der Waals surface area contributed by atoms with Gasteiger partial charge in [-0.2, -0.15) is 0 Å². The molecule has 1 N–H and O–H groups in total. The molecular weight excluding hydrogens is 524 g/mol. The number of hydrogen-bond acceptors (Lipinski definition) is 5. The Balaban J connectivity index is 1.51. The van der Waals surface area contributed by atoms with Gasteiger partial charge in [-0.3, -0.25) is 4.79 Å². The van der Waals surface area contributed by atoms with Gasteiger partial charge in [-0.25, -0.2) is 0 Å². The van der Waals surface area contributed by atoms with Gasteiger partial charge in [0.25, 0.3) is 0 Å². The second-order valence-corrected chi connectivity index (χ2v) is 14.8. The van der Waals surface area contributed by atoms with Gasteiger partial charge in [0.15, 0.2) is 6.29 Å². The molecular formula is C37H60O5. The summed E-state index contributed by atoms with van der Waals surface area (Å²) in [5.41, 5.74) is 5.33. The molecule has 4 rings (SSSR count). The highest BCUT2D eigenvalue weighted by atomic mass is 16.7. The van der Waals surface area contributed by atoms with E-state index in [1.165, 1.54) is 68.6 Å². The minimum absolute atomic E-state index is 0.0499. The lowest BCUT2D eigenvalue weighted by molar-refractivity contribution is -0.162. The van der Waals surface area contributed by atoms with Crippen molar-refractivity contribution >= 4 is 5.97 Å². The Morgan fingerprint density at radius 3 is 2.69 bits per heavy atom. The molecule has 4 fully saturated rings. The molecule has 5 heteroatoms. The highest BCUT2D eigenvalue weighted by Crippen LogP contribution is 2.60. The largest absolute Gasteiger partial charge is 0.462 e. The van der Waals surface area contributed by atoms with Crippen LogP contribution >= 0.6 is 0 Å². The van der Waals surface area contributed by atoms with Crippen LogP contribution in [0.1, 0.15) is 137 Å². The monoisotopic (exact) mass is 584 g/mol. The first-order chi connectivity index (χ1) is 20.0. The van der Waals surface area contributed by atoms with E-state index in [0.717, 1.165) is 70.3 Å². The zero-order valence-corrected chi connectivity index (χ0v) is 27.5. The van der Waals surface area contributed by atoms with Crippen LogP contribution in [0.15, 0.2) is 34.9 Å². The van der Waals surface area contributed by atoms with E-state index < -0.39 is 5.60 Å². The van der Waals surface area contributed by atoms with Gasteiger partial charge in [-0.05, 0) is 132 Å². The number of fused-ring (bicyclic) bond motifs is 1. The van der Waals surface area contributed by atoms with Crippen LogP contribution in [0.3, 0.4) is 0 Å². The van der Waals surface area contributed by atoms with Crippen LogP contribution in [-0.4, -0.2) is 42.3 Å². The Bertz CT molecular complexity index is 981. The summed E-state index contributed by atoms with van der Waals surface area (Å²) in [7, 11) is 0. The summed E-state index contributed by atoms with van der Waals surface area (Å²) in [5, 5.41) is 10.2. The molecule has 3 saturated carbocycles. The van der Waals surface area contributed by atoms with Crippen LogP contribution in [0.5, 0.6) is 0 Å². The number of hydrogen-bond donors (Lipinski definition) is 1. The number of aliphatic hydroxyl groups is 1. The topological polar surface area (TPSA) is 65.0 Å². The predicted octanol–water partition coefficient (Wildman–Crippen LogP) is 9.00. The molecule has 0 aromatic rings. The maximum atomic E-state index is 11.8. The summed E-state index contributed by atoms with van der Waals surface area (Å²) < 4.78 is 17.6. The van der Waals surface area contributed by atoms with Crippen LogP contribution in [0.25, 0.3) is 0 Å². The lowest BCUT2D eigenvalue weighted by Crippen LogP contribution is -2.36. The molecule has 0 radical (unpaired) electrons. The zero-order valence-electron chi connectivity index (χ0n) is 27.5. The third-order valence-electron chi connectivity index (χ3n) is 10.9. The van der Waals surface area contributed by atoms with E-state index in [9.17, 15) is 9.90 Å². The van der Waals surface area contributed by atoms with Crippen molar-refractivity contribution in [3.63, 3.8) is 0 Å². The normalized spacial score (nSPS) is 33.4. The molecule has 1 heterocycles. The van der Waals surface area contributed by atoms with Gasteiger partial charge < -0.3 is 19.3 Å². The van der Waals surface area contributed by atoms with E-state index in [4.69, 9.17) is 14.2 Å². The van der Waals surface area contributed by atoms with Gasteiger partial charge in [0.1, 0.15) is 6.10 Å². The second kappa shape index (κ2) is 15.0. The molecule has 0 aromatic carbocycles. The quantitative estimate of drug-likeness (QED) is 0.183. The van der Waals surface area contributed by atoms with E-state index in [1.54, 1.807) is 5.57 Å². The average molecular weight is 585 g/mol. The molecule has 5 nitrogen and oxygen atoms in total. The van der Waals surface area contributed by atoms with Crippen LogP contribution in [0.4, 0.5) is 0 Å². The van der Waals surface area contributed by atoms with Gasteiger partial charge in [-0.15, -0.1) is 0 Å². The van der Waals surface area contributed by atoms with Crippen molar-refractivity contribution in [1.82, 2.24) is 0 Å². The van der Waals surface area contributed by atoms with E-state index in [1.807, 2.05) is 13.8 Å². The molecule has 0 spiro atoms. The van der Waals surface area contributed by atoms with Crippen LogP contribution in [0.2, 0.25) is 0 Å². The Kier molecular flexibility index (Phi) is 12.0. The molecule has 0 aromatic heterocycles. The molecule has 3 aliphatic carbocycles. The highest BCUT2D eigenvalue weighted by Gasteiger charge is 2.50. The molecule has 1 aliphatic heterocycles. The summed E-state index contributed by atoms with van der Waals surface area (Å²) in [4.78, 5) is 11.8. The van der Waals surface area contributed by atoms with E-state index in [2.05, 4.69) is 26.5 Å². The predicted molar refractivity (Wildman–Crippen MR) is 170 cm³/mol. The van der Waals surface area contributed by atoms with Crippen LogP contribution in [-0.2, 0) is 19.0 Å². The molecule has 0 amide bonds. The summed E-state index contributed by atoms with van der Waals surface area (Å²) in [6, 6.07) is 0. The fraction of sp³-hybridized carbons (Fsp3) is 0.811. The van der Waals surface area contributed by atoms with Gasteiger partial charge >= 0.3 is 5.97 Å². The van der Waals surface area contributed by atoms with Crippen molar-refractivity contribution in [2.24, 2.45) is 23.2 Å². The Morgan fingerprint density at radius 1 is 1.17 bits per heavy atom. The minimum Gasteiger partial charge on any atom is -0.462 e. The van der Waals surface area contributed by atoms with Gasteiger partial charge in [0, 0.05) is 20.0 Å². The standard InChI is InChI=1S/C37H60O5/c1-26-16-17-31(42-28(3)38)25-32(26)29(14-11-23-41-35-15-7-8-22-40-35)24-30-13-10-21-37(6)33(18-19-34(30)37)27(2)12-9-20-36(4,5)39/h24,27,31,33-35,39H,1,7-23,25H2,2-6H3/b30-24+,32-29-/t27-,31+,33-,34+,35?,37-/m1/s1. The second-order valence-electron chi connectivity index (χ2n) is 14.8. The number of carbonyl (C=O) groups is 1. The molecule has 6 atom stereocenters. The molecule has 1 saturated heterocycles. The number of rotatable bonds is 12. The molecule has 4 aliphatic rings. The van der Waals surface area contributed by atoms with Crippen molar-refractivity contribution in [3.05, 3.63) is 34.9 Å². The number of ether oxygens (including phenoxy) is 3. The first-order valence-corrected chi connectivity index (χ1v) is 17.2. The zero-order chi connectivity index (χ0) is 30.3. The van der Waals surface area contributed by atoms with Crippen LogP contribution in [0, 0.1) is 23.2 Å². The minimum atomic E-state index is -0.571. The molecule has 42 heavy (non-hydrogen) atoms. The first-order valence-electron chi connectivity index (χ1n) is 17.2. The van der Waals surface area contributed by atoms with Crippen LogP contribution < -0.4 is 0 Å². The number of allylic oxidation sites excluding steroid dienone is 4. The third-order valence-corrected chi connectivity index (χ3v) is 10.9. The van der Waals surface area contributed by atoms with Crippen molar-refractivity contribution in [1.29, 1.82) is 0 Å². The summed E-state index contributed by atoms with van der Waals surface area (Å²) >= 11 is 0. The SMILES string of the molecule is C=C1CC[C@H](OC(C)=O)C/C1=C(/C=C1\CCC[C@]2(C)[C@@H]([C@H](C)CCCC(C)(C)O)CC[C@@H]12)CCCOC1CCCCO1. The average Bonchev–Trinajstić information content (AvgIpc) is 3.29. The van der Waals surface area contributed by atoms with Crippen molar-refractivity contribution < 1.29 is 24.1 Å². The van der Waals surface area contributed by atoms with E-state index in [-0.39, 0.29) is 18.4 Å². The third kappa shape index (κ3) is 9.05. The number of carbonyl (C=O) groups excluding carboxylic acids is 1. The van der Waals surface area contributed by atoms with E-state index >= 15 is 0 Å². The maximum Gasteiger partial charge on any atom is 0.302 e. The van der Waals surface area contributed by atoms with E-state index in [0.29, 0.717) is 23.9 Å². The molecule has 238 valence electrons. The Morgan fingerprint density at radius 2 is 1.98 bits per heavy atom. The van der Waals surface area contributed by atoms with Gasteiger partial charge in [0.05, 0.1) is 12.2 Å². The van der Waals surface area contributed by atoms with Gasteiger partial charge in [0.2, 0.25) is 0 Å². The maximum absolute atomic E-state index is 11.8. The van der Waals surface area contributed by atoms with Crippen molar-refractivity contribution in [3.8, 4) is 0 Å². The smallest absolute Gasteiger partial charge is 0.302 e. The summed E-state index contributed by atoms with van der Waals surface area (Å²) in [6.07, 6.45) is 19.7. The van der Waals surface area contributed by atoms with Gasteiger partial charge in [-0.1, -0.05) is 50.5 Å². The highest BCUT2D eigenvalue weighted by molar-refractivity contribution is 5.66.